The molecule has 0 bridgehead atoms. The Morgan fingerprint density at radius 1 is 1.62 bits per heavy atom. The van der Waals surface area contributed by atoms with Crippen LogP contribution >= 0.6 is 11.6 Å². The van der Waals surface area contributed by atoms with Crippen molar-refractivity contribution in [2.24, 2.45) is 0 Å². The Balaban J connectivity index is 2.41. The summed E-state index contributed by atoms with van der Waals surface area (Å²) in [4.78, 5) is 17.7. The number of carboxylic acid groups (broad SMARTS) is 1. The van der Waals surface area contributed by atoms with Crippen molar-refractivity contribution in [2.45, 2.75) is 19.3 Å². The molecule has 1 aromatic carbocycles. The summed E-state index contributed by atoms with van der Waals surface area (Å²) in [5.74, 6) is -0.879. The lowest BCUT2D eigenvalue weighted by molar-refractivity contribution is -0.137. The molecular formula is C11H11ClN2O2. The van der Waals surface area contributed by atoms with E-state index in [-0.39, 0.29) is 12.3 Å². The first kappa shape index (κ1) is 11.0. The van der Waals surface area contributed by atoms with E-state index in [4.69, 9.17) is 16.7 Å². The summed E-state index contributed by atoms with van der Waals surface area (Å²) >= 11 is 6.05. The highest BCUT2D eigenvalue weighted by Gasteiger charge is 2.13. The van der Waals surface area contributed by atoms with Gasteiger partial charge in [0.2, 0.25) is 0 Å². The number of halogens is 1. The number of aliphatic carboxylic acids is 1. The van der Waals surface area contributed by atoms with Crippen LogP contribution in [0.2, 0.25) is 5.02 Å². The van der Waals surface area contributed by atoms with Crippen molar-refractivity contribution in [3.05, 3.63) is 29.0 Å². The first-order valence-electron chi connectivity index (χ1n) is 4.92. The number of rotatable bonds is 3. The number of imidazole rings is 1. The molecule has 0 amide bonds. The van der Waals surface area contributed by atoms with Crippen molar-refractivity contribution in [1.82, 2.24) is 9.97 Å². The predicted octanol–water partition coefficient (Wildman–Crippen LogP) is 2.79. The number of fused-ring (bicyclic) bond motifs is 1. The summed E-state index contributed by atoms with van der Waals surface area (Å²) in [7, 11) is 0. The van der Waals surface area contributed by atoms with Crippen molar-refractivity contribution < 1.29 is 9.90 Å². The molecule has 0 aliphatic heterocycles. The zero-order valence-electron chi connectivity index (χ0n) is 8.70. The number of nitrogens with one attached hydrogen (secondary N) is 1. The molecule has 1 aromatic heterocycles. The number of nitrogens with zero attached hydrogens (tertiary/aromatic N) is 1. The number of hydrogen-bond donors (Lipinski definition) is 2. The molecule has 0 saturated carbocycles. The molecule has 0 fully saturated rings. The topological polar surface area (TPSA) is 66.0 Å². The normalized spacial score (nSPS) is 12.9. The number of H-pyrrole nitrogens is 1. The van der Waals surface area contributed by atoms with Crippen LogP contribution in [0.5, 0.6) is 0 Å². The average Bonchev–Trinajstić information content (AvgIpc) is 2.64. The number of aromatic nitrogens is 2. The highest BCUT2D eigenvalue weighted by molar-refractivity contribution is 6.35. The van der Waals surface area contributed by atoms with Gasteiger partial charge in [0.15, 0.2) is 0 Å². The Hall–Kier alpha value is -1.55. The lowest BCUT2D eigenvalue weighted by Gasteiger charge is -2.09. The number of hydrogen-bond acceptors (Lipinski definition) is 2. The highest BCUT2D eigenvalue weighted by Crippen LogP contribution is 2.28. The zero-order chi connectivity index (χ0) is 11.7. The van der Waals surface area contributed by atoms with Crippen LogP contribution in [0.25, 0.3) is 11.0 Å². The van der Waals surface area contributed by atoms with E-state index >= 15 is 0 Å². The van der Waals surface area contributed by atoms with Crippen LogP contribution in [0.1, 0.15) is 24.8 Å². The van der Waals surface area contributed by atoms with E-state index in [9.17, 15) is 4.79 Å². The van der Waals surface area contributed by atoms with Gasteiger partial charge in [0.25, 0.3) is 0 Å². The second-order valence-electron chi connectivity index (χ2n) is 3.80. The molecule has 4 nitrogen and oxygen atoms in total. The second kappa shape index (κ2) is 4.14. The minimum Gasteiger partial charge on any atom is -0.481 e. The summed E-state index contributed by atoms with van der Waals surface area (Å²) < 4.78 is 0. The first-order chi connectivity index (χ1) is 7.58. The molecule has 1 heterocycles. The van der Waals surface area contributed by atoms with Gasteiger partial charge in [-0.3, -0.25) is 4.79 Å². The third-order valence-corrected chi connectivity index (χ3v) is 2.84. The molecule has 2 rings (SSSR count). The fraction of sp³-hybridized carbons (Fsp3) is 0.273. The lowest BCUT2D eigenvalue weighted by Crippen LogP contribution is -2.02. The van der Waals surface area contributed by atoms with Crippen LogP contribution in [-0.2, 0) is 4.79 Å². The Morgan fingerprint density at radius 3 is 3.06 bits per heavy atom. The molecule has 1 unspecified atom stereocenters. The minimum absolute atomic E-state index is 0.0669. The molecule has 16 heavy (non-hydrogen) atoms. The van der Waals surface area contributed by atoms with Crippen LogP contribution in [0, 0.1) is 0 Å². The van der Waals surface area contributed by atoms with Gasteiger partial charge in [-0.2, -0.15) is 0 Å². The number of carboxylic acids is 1. The first-order valence-corrected chi connectivity index (χ1v) is 5.30. The molecule has 0 radical (unpaired) electrons. The monoisotopic (exact) mass is 238 g/mol. The highest BCUT2D eigenvalue weighted by atomic mass is 35.5. The SMILES string of the molecule is CC(CC(=O)O)c1cc(Cl)c2nc[nH]c2c1. The molecule has 2 aromatic rings. The summed E-state index contributed by atoms with van der Waals surface area (Å²) in [5.41, 5.74) is 2.46. The van der Waals surface area contributed by atoms with E-state index in [0.717, 1.165) is 11.1 Å². The van der Waals surface area contributed by atoms with E-state index in [2.05, 4.69) is 9.97 Å². The molecule has 0 spiro atoms. The molecule has 0 aliphatic rings. The standard InChI is InChI=1S/C11H11ClN2O2/c1-6(2-10(15)16)7-3-8(12)11-9(4-7)13-5-14-11/h3-6H,2H2,1H3,(H,13,14)(H,15,16). The fourth-order valence-electron chi connectivity index (χ4n) is 1.69. The maximum atomic E-state index is 10.6. The van der Waals surface area contributed by atoms with Gasteiger partial charge in [0, 0.05) is 0 Å². The van der Waals surface area contributed by atoms with E-state index < -0.39 is 5.97 Å². The van der Waals surface area contributed by atoms with Crippen LogP contribution in [-0.4, -0.2) is 21.0 Å². The maximum Gasteiger partial charge on any atom is 0.303 e. The van der Waals surface area contributed by atoms with Gasteiger partial charge < -0.3 is 10.1 Å². The largest absolute Gasteiger partial charge is 0.481 e. The zero-order valence-corrected chi connectivity index (χ0v) is 9.45. The number of carbonyl (C=O) groups is 1. The second-order valence-corrected chi connectivity index (χ2v) is 4.21. The summed E-state index contributed by atoms with van der Waals surface area (Å²) in [6.07, 6.45) is 1.66. The van der Waals surface area contributed by atoms with Crippen LogP contribution < -0.4 is 0 Å². The van der Waals surface area contributed by atoms with Gasteiger partial charge >= 0.3 is 5.97 Å². The van der Waals surface area contributed by atoms with Crippen LogP contribution in [0.4, 0.5) is 0 Å². The maximum absolute atomic E-state index is 10.6. The van der Waals surface area contributed by atoms with Gasteiger partial charge in [-0.25, -0.2) is 4.98 Å². The van der Waals surface area contributed by atoms with E-state index in [1.807, 2.05) is 13.0 Å². The summed E-state index contributed by atoms with van der Waals surface area (Å²) in [6, 6.07) is 3.67. The van der Waals surface area contributed by atoms with E-state index in [1.54, 1.807) is 12.4 Å². The van der Waals surface area contributed by atoms with Crippen molar-refractivity contribution >= 4 is 28.6 Å². The molecule has 0 saturated heterocycles. The molecule has 84 valence electrons. The van der Waals surface area contributed by atoms with Gasteiger partial charge in [0.05, 0.1) is 23.3 Å². The summed E-state index contributed by atoms with van der Waals surface area (Å²) in [5, 5.41) is 9.28. The minimum atomic E-state index is -0.812. The van der Waals surface area contributed by atoms with Crippen molar-refractivity contribution in [1.29, 1.82) is 0 Å². The van der Waals surface area contributed by atoms with Crippen LogP contribution in [0.15, 0.2) is 18.5 Å². The van der Waals surface area contributed by atoms with Gasteiger partial charge in [-0.1, -0.05) is 18.5 Å². The van der Waals surface area contributed by atoms with Crippen molar-refractivity contribution in [2.75, 3.05) is 0 Å². The number of aromatic amines is 1. The van der Waals surface area contributed by atoms with E-state index in [1.165, 1.54) is 0 Å². The van der Waals surface area contributed by atoms with Gasteiger partial charge in [0.1, 0.15) is 5.52 Å². The third-order valence-electron chi connectivity index (χ3n) is 2.55. The van der Waals surface area contributed by atoms with Gasteiger partial charge in [-0.05, 0) is 23.6 Å². The smallest absolute Gasteiger partial charge is 0.303 e. The molecule has 5 heteroatoms. The number of benzene rings is 1. The molecule has 2 N–H and O–H groups in total. The third kappa shape index (κ3) is 2.02. The quantitative estimate of drug-likeness (QED) is 0.864. The Morgan fingerprint density at radius 2 is 2.38 bits per heavy atom. The molecular weight excluding hydrogens is 228 g/mol. The van der Waals surface area contributed by atoms with Crippen molar-refractivity contribution in [3.8, 4) is 0 Å². The predicted molar refractivity (Wildman–Crippen MR) is 61.8 cm³/mol. The molecule has 0 aliphatic carbocycles. The summed E-state index contributed by atoms with van der Waals surface area (Å²) in [6.45, 7) is 1.86. The van der Waals surface area contributed by atoms with Crippen LogP contribution in [0.3, 0.4) is 0 Å². The Labute approximate surface area is 97.3 Å². The molecule has 1 atom stereocenters. The average molecular weight is 239 g/mol. The van der Waals surface area contributed by atoms with E-state index in [0.29, 0.717) is 10.5 Å². The lowest BCUT2D eigenvalue weighted by atomic mass is 9.97. The Kier molecular flexibility index (Phi) is 2.83. The Bertz CT molecular complexity index is 536. The van der Waals surface area contributed by atoms with Gasteiger partial charge in [-0.15, -0.1) is 0 Å². The fourth-order valence-corrected chi connectivity index (χ4v) is 1.97. The van der Waals surface area contributed by atoms with Crippen molar-refractivity contribution in [3.63, 3.8) is 0 Å².